The van der Waals surface area contributed by atoms with E-state index in [2.05, 4.69) is 25.1 Å². The van der Waals surface area contributed by atoms with Crippen LogP contribution in [0.2, 0.25) is 0 Å². The molecule has 0 saturated carbocycles. The standard InChI is InChI=1S/C17H16O2/c1-3-14-11(2)17-13(10-16(18)19-17)9-15(14)12-7-5-4-6-8-12/h4-9H,3,10H2,1-2H3. The molecular weight excluding hydrogens is 236 g/mol. The van der Waals surface area contributed by atoms with E-state index < -0.39 is 0 Å². The first-order valence-corrected chi connectivity index (χ1v) is 6.62. The van der Waals surface area contributed by atoms with Gasteiger partial charge in [0.15, 0.2) is 0 Å². The highest BCUT2D eigenvalue weighted by molar-refractivity contribution is 5.85. The zero-order chi connectivity index (χ0) is 13.4. The molecule has 0 aromatic heterocycles. The molecule has 0 amide bonds. The minimum Gasteiger partial charge on any atom is -0.426 e. The van der Waals surface area contributed by atoms with Gasteiger partial charge in [0, 0.05) is 5.56 Å². The van der Waals surface area contributed by atoms with Gasteiger partial charge in [-0.15, -0.1) is 0 Å². The Balaban J connectivity index is 2.24. The van der Waals surface area contributed by atoms with Crippen LogP contribution in [0.15, 0.2) is 36.4 Å². The van der Waals surface area contributed by atoms with Crippen molar-refractivity contribution in [2.24, 2.45) is 0 Å². The molecule has 1 heterocycles. The van der Waals surface area contributed by atoms with E-state index in [-0.39, 0.29) is 5.97 Å². The third-order valence-electron chi connectivity index (χ3n) is 3.72. The van der Waals surface area contributed by atoms with E-state index in [0.29, 0.717) is 6.42 Å². The van der Waals surface area contributed by atoms with Gasteiger partial charge >= 0.3 is 5.97 Å². The summed E-state index contributed by atoms with van der Waals surface area (Å²) in [6, 6.07) is 12.4. The minimum absolute atomic E-state index is 0.148. The predicted octanol–water partition coefficient (Wildman–Crippen LogP) is 3.69. The molecule has 96 valence electrons. The van der Waals surface area contributed by atoms with Crippen LogP contribution in [0.1, 0.15) is 23.6 Å². The zero-order valence-corrected chi connectivity index (χ0v) is 11.2. The summed E-state index contributed by atoms with van der Waals surface area (Å²) in [5.74, 6) is 0.631. The topological polar surface area (TPSA) is 26.3 Å². The van der Waals surface area contributed by atoms with Crippen molar-refractivity contribution in [2.75, 3.05) is 0 Å². The Labute approximate surface area is 113 Å². The number of rotatable bonds is 2. The molecule has 0 fully saturated rings. The lowest BCUT2D eigenvalue weighted by atomic mass is 9.91. The Bertz CT molecular complexity index is 642. The van der Waals surface area contributed by atoms with Gasteiger partial charge in [-0.05, 0) is 41.7 Å². The molecule has 2 heteroatoms. The van der Waals surface area contributed by atoms with Gasteiger partial charge in [-0.3, -0.25) is 4.79 Å². The van der Waals surface area contributed by atoms with E-state index in [1.807, 2.05) is 25.1 Å². The molecule has 0 unspecified atom stereocenters. The number of hydrogen-bond donors (Lipinski definition) is 0. The first kappa shape index (κ1) is 12.0. The molecule has 1 aliphatic rings. The largest absolute Gasteiger partial charge is 0.426 e. The maximum Gasteiger partial charge on any atom is 0.315 e. The molecule has 0 bridgehead atoms. The second-order valence-electron chi connectivity index (χ2n) is 4.89. The van der Waals surface area contributed by atoms with Gasteiger partial charge < -0.3 is 4.74 Å². The third-order valence-corrected chi connectivity index (χ3v) is 3.72. The Hall–Kier alpha value is -2.09. The van der Waals surface area contributed by atoms with Gasteiger partial charge in [0.2, 0.25) is 0 Å². The number of fused-ring (bicyclic) bond motifs is 1. The van der Waals surface area contributed by atoms with Crippen molar-refractivity contribution >= 4 is 5.97 Å². The van der Waals surface area contributed by atoms with Crippen LogP contribution in [0.4, 0.5) is 0 Å². The number of esters is 1. The second-order valence-corrected chi connectivity index (χ2v) is 4.89. The van der Waals surface area contributed by atoms with Crippen LogP contribution >= 0.6 is 0 Å². The Kier molecular flexibility index (Phi) is 2.86. The average Bonchev–Trinajstić information content (AvgIpc) is 2.80. The maximum atomic E-state index is 11.5. The Morgan fingerprint density at radius 2 is 1.95 bits per heavy atom. The molecule has 0 aliphatic carbocycles. The first-order valence-electron chi connectivity index (χ1n) is 6.62. The minimum atomic E-state index is -0.148. The van der Waals surface area contributed by atoms with Crippen molar-refractivity contribution in [1.82, 2.24) is 0 Å². The third kappa shape index (κ3) is 1.93. The summed E-state index contributed by atoms with van der Waals surface area (Å²) in [4.78, 5) is 11.5. The number of carbonyl (C=O) groups is 1. The summed E-state index contributed by atoms with van der Waals surface area (Å²) in [7, 11) is 0. The summed E-state index contributed by atoms with van der Waals surface area (Å²) in [6.45, 7) is 4.18. The molecule has 2 aromatic rings. The normalized spacial score (nSPS) is 13.3. The van der Waals surface area contributed by atoms with Crippen LogP contribution in [-0.2, 0) is 17.6 Å². The monoisotopic (exact) mass is 252 g/mol. The van der Waals surface area contributed by atoms with Crippen LogP contribution in [0.5, 0.6) is 5.75 Å². The van der Waals surface area contributed by atoms with Crippen LogP contribution in [0.25, 0.3) is 11.1 Å². The van der Waals surface area contributed by atoms with E-state index in [4.69, 9.17) is 4.74 Å². The van der Waals surface area contributed by atoms with Gasteiger partial charge in [0.25, 0.3) is 0 Å². The molecule has 19 heavy (non-hydrogen) atoms. The highest BCUT2D eigenvalue weighted by atomic mass is 16.5. The molecule has 2 nitrogen and oxygen atoms in total. The van der Waals surface area contributed by atoms with Crippen LogP contribution in [-0.4, -0.2) is 5.97 Å². The highest BCUT2D eigenvalue weighted by Crippen LogP contribution is 2.38. The Morgan fingerprint density at radius 3 is 2.63 bits per heavy atom. The molecule has 0 saturated heterocycles. The van der Waals surface area contributed by atoms with Gasteiger partial charge in [-0.25, -0.2) is 0 Å². The Morgan fingerprint density at radius 1 is 1.21 bits per heavy atom. The van der Waals surface area contributed by atoms with E-state index in [0.717, 1.165) is 23.3 Å². The highest BCUT2D eigenvalue weighted by Gasteiger charge is 2.25. The van der Waals surface area contributed by atoms with Crippen LogP contribution in [0.3, 0.4) is 0 Å². The smallest absolute Gasteiger partial charge is 0.315 e. The molecule has 0 spiro atoms. The SMILES string of the molecule is CCc1c(-c2ccccc2)cc2c(c1C)OC(=O)C2. The maximum absolute atomic E-state index is 11.5. The van der Waals surface area contributed by atoms with Crippen LogP contribution in [0, 0.1) is 6.92 Å². The number of benzene rings is 2. The van der Waals surface area contributed by atoms with Crippen molar-refractivity contribution in [1.29, 1.82) is 0 Å². The van der Waals surface area contributed by atoms with Crippen molar-refractivity contribution in [3.8, 4) is 16.9 Å². The fraction of sp³-hybridized carbons (Fsp3) is 0.235. The van der Waals surface area contributed by atoms with Crippen molar-refractivity contribution < 1.29 is 9.53 Å². The summed E-state index contributed by atoms with van der Waals surface area (Å²) in [5, 5.41) is 0. The number of hydrogen-bond acceptors (Lipinski definition) is 2. The van der Waals surface area contributed by atoms with Crippen molar-refractivity contribution in [3.05, 3.63) is 53.1 Å². The second kappa shape index (κ2) is 4.54. The molecule has 3 rings (SSSR count). The lowest BCUT2D eigenvalue weighted by Crippen LogP contribution is -2.01. The van der Waals surface area contributed by atoms with Crippen LogP contribution < -0.4 is 4.74 Å². The predicted molar refractivity (Wildman–Crippen MR) is 75.3 cm³/mol. The summed E-state index contributed by atoms with van der Waals surface area (Å²) >= 11 is 0. The van der Waals surface area contributed by atoms with Gasteiger partial charge in [-0.1, -0.05) is 37.3 Å². The molecule has 1 aliphatic heterocycles. The fourth-order valence-corrected chi connectivity index (χ4v) is 2.82. The van der Waals surface area contributed by atoms with Crippen molar-refractivity contribution in [2.45, 2.75) is 26.7 Å². The van der Waals surface area contributed by atoms with E-state index in [9.17, 15) is 4.79 Å². The number of ether oxygens (including phenoxy) is 1. The fourth-order valence-electron chi connectivity index (χ4n) is 2.82. The summed E-state index contributed by atoms with van der Waals surface area (Å²) < 4.78 is 5.33. The first-order chi connectivity index (χ1) is 9.20. The average molecular weight is 252 g/mol. The van der Waals surface area contributed by atoms with E-state index >= 15 is 0 Å². The molecule has 0 radical (unpaired) electrons. The van der Waals surface area contributed by atoms with Gasteiger partial charge in [0.05, 0.1) is 6.42 Å². The van der Waals surface area contributed by atoms with E-state index in [1.165, 1.54) is 16.7 Å². The molecular formula is C17H16O2. The number of carbonyl (C=O) groups excluding carboxylic acids is 1. The van der Waals surface area contributed by atoms with Gasteiger partial charge in [0.1, 0.15) is 5.75 Å². The van der Waals surface area contributed by atoms with Crippen molar-refractivity contribution in [3.63, 3.8) is 0 Å². The lowest BCUT2D eigenvalue weighted by Gasteiger charge is -2.14. The summed E-state index contributed by atoms with van der Waals surface area (Å²) in [5.41, 5.74) is 5.80. The molecule has 0 atom stereocenters. The zero-order valence-electron chi connectivity index (χ0n) is 11.2. The quantitative estimate of drug-likeness (QED) is 0.602. The lowest BCUT2D eigenvalue weighted by molar-refractivity contribution is -0.131. The molecule has 0 N–H and O–H groups in total. The molecule has 2 aromatic carbocycles. The summed E-state index contributed by atoms with van der Waals surface area (Å²) in [6.07, 6.45) is 1.32. The van der Waals surface area contributed by atoms with E-state index in [1.54, 1.807) is 0 Å². The van der Waals surface area contributed by atoms with Gasteiger partial charge in [-0.2, -0.15) is 0 Å².